The summed E-state index contributed by atoms with van der Waals surface area (Å²) < 4.78 is 16.4. The van der Waals surface area contributed by atoms with Crippen LogP contribution in [0.1, 0.15) is 59.6 Å². The van der Waals surface area contributed by atoms with Crippen molar-refractivity contribution in [1.29, 1.82) is 0 Å². The summed E-state index contributed by atoms with van der Waals surface area (Å²) in [6, 6.07) is 8.56. The Morgan fingerprint density at radius 2 is 1.89 bits per heavy atom. The van der Waals surface area contributed by atoms with E-state index in [-0.39, 0.29) is 5.82 Å². The van der Waals surface area contributed by atoms with E-state index in [9.17, 15) is 0 Å². The van der Waals surface area contributed by atoms with Crippen molar-refractivity contribution in [2.24, 2.45) is 0 Å². The number of halogens is 2. The molecule has 0 aromatic heterocycles. The Hall–Kier alpha value is -1.07. The van der Waals surface area contributed by atoms with Crippen LogP contribution in [0.25, 0.3) is 4.91 Å². The molecule has 0 spiro atoms. The summed E-state index contributed by atoms with van der Waals surface area (Å²) in [5.74, 6) is -0.0490. The molecule has 2 aromatic rings. The van der Waals surface area contributed by atoms with E-state index < -0.39 is 0 Å². The number of aryl methyl sites for hydroxylation is 3. The molecule has 0 nitrogen and oxygen atoms in total. The van der Waals surface area contributed by atoms with Crippen molar-refractivity contribution in [3.05, 3.63) is 84.6 Å². The Balaban J connectivity index is 1.73. The molecule has 148 valence electrons. The summed E-state index contributed by atoms with van der Waals surface area (Å²) in [4.78, 5) is 0.791. The van der Waals surface area contributed by atoms with Crippen LogP contribution < -0.4 is 0 Å². The van der Waals surface area contributed by atoms with Gasteiger partial charge in [-0.1, -0.05) is 48.5 Å². The van der Waals surface area contributed by atoms with Crippen LogP contribution in [0.5, 0.6) is 0 Å². The molecule has 0 fully saturated rings. The zero-order valence-corrected chi connectivity index (χ0v) is 20.0. The average molecular weight is 506 g/mol. The Morgan fingerprint density at radius 3 is 2.68 bits per heavy atom. The molecule has 28 heavy (non-hydrogen) atoms. The maximum absolute atomic E-state index is 15.1. The molecule has 0 unspecified atom stereocenters. The van der Waals surface area contributed by atoms with Gasteiger partial charge in [0.15, 0.2) is 0 Å². The molecule has 0 N–H and O–H groups in total. The first-order valence-electron chi connectivity index (χ1n) is 9.94. The fourth-order valence-electron chi connectivity index (χ4n) is 3.78. The number of hydrogen-bond acceptors (Lipinski definition) is 1. The molecule has 0 radical (unpaired) electrons. The van der Waals surface area contributed by atoms with Gasteiger partial charge in [-0.05, 0) is 115 Å². The first-order chi connectivity index (χ1) is 13.4. The third-order valence-corrected chi connectivity index (χ3v) is 7.69. The Labute approximate surface area is 186 Å². The zero-order chi connectivity index (χ0) is 20.3. The second-order valence-corrected chi connectivity index (χ2v) is 9.96. The highest BCUT2D eigenvalue weighted by Crippen LogP contribution is 2.34. The van der Waals surface area contributed by atoms with Gasteiger partial charge in [-0.15, -0.1) is 0 Å². The number of benzene rings is 2. The van der Waals surface area contributed by atoms with Crippen molar-refractivity contribution < 1.29 is 4.39 Å². The van der Waals surface area contributed by atoms with Crippen molar-refractivity contribution in [3.63, 3.8) is 0 Å². The van der Waals surface area contributed by atoms with Crippen molar-refractivity contribution in [3.8, 4) is 0 Å². The predicted molar refractivity (Wildman–Crippen MR) is 130 cm³/mol. The first-order valence-corrected chi connectivity index (χ1v) is 11.9. The minimum absolute atomic E-state index is 0.0490. The number of fused-ring (bicyclic) bond motifs is 1. The van der Waals surface area contributed by atoms with Crippen molar-refractivity contribution in [2.45, 2.75) is 59.3 Å². The van der Waals surface area contributed by atoms with Gasteiger partial charge in [0, 0.05) is 14.0 Å². The molecule has 1 aliphatic rings. The molecule has 0 atom stereocenters. The molecule has 0 saturated carbocycles. The van der Waals surface area contributed by atoms with Crippen LogP contribution in [0.3, 0.4) is 0 Å². The molecule has 0 bridgehead atoms. The van der Waals surface area contributed by atoms with Crippen LogP contribution in [0.4, 0.5) is 4.39 Å². The largest absolute Gasteiger partial charge is 0.206 e. The summed E-state index contributed by atoms with van der Waals surface area (Å²) in [6.45, 7) is 10.6. The second kappa shape index (κ2) is 9.62. The molecule has 0 aliphatic heterocycles. The summed E-state index contributed by atoms with van der Waals surface area (Å²) in [7, 11) is 0. The predicted octanol–water partition coefficient (Wildman–Crippen LogP) is 8.17. The molecular formula is C25H28FIS. The maximum Gasteiger partial charge on any atom is 0.134 e. The normalized spacial score (nSPS) is 14.5. The van der Waals surface area contributed by atoms with E-state index in [0.29, 0.717) is 5.56 Å². The van der Waals surface area contributed by atoms with E-state index in [4.69, 9.17) is 0 Å². The minimum Gasteiger partial charge on any atom is -0.206 e. The van der Waals surface area contributed by atoms with Crippen molar-refractivity contribution in [1.82, 2.24) is 0 Å². The number of thioether (sulfide) groups is 1. The van der Waals surface area contributed by atoms with Gasteiger partial charge >= 0.3 is 0 Å². The maximum atomic E-state index is 15.1. The smallest absolute Gasteiger partial charge is 0.134 e. The van der Waals surface area contributed by atoms with Crippen LogP contribution in [0, 0.1) is 23.2 Å². The van der Waals surface area contributed by atoms with Gasteiger partial charge < -0.3 is 0 Å². The summed E-state index contributed by atoms with van der Waals surface area (Å²) in [6.07, 6.45) is 6.21. The lowest BCUT2D eigenvalue weighted by atomic mass is 9.99. The lowest BCUT2D eigenvalue weighted by Crippen LogP contribution is -1.99. The van der Waals surface area contributed by atoms with E-state index in [1.165, 1.54) is 44.2 Å². The van der Waals surface area contributed by atoms with Gasteiger partial charge in [0.25, 0.3) is 0 Å². The minimum atomic E-state index is -0.0490. The second-order valence-electron chi connectivity index (χ2n) is 7.84. The van der Waals surface area contributed by atoms with Crippen molar-refractivity contribution in [2.75, 3.05) is 0 Å². The van der Waals surface area contributed by atoms with Gasteiger partial charge in [0.1, 0.15) is 5.82 Å². The first kappa shape index (κ1) is 21.6. The van der Waals surface area contributed by atoms with E-state index in [0.717, 1.165) is 36.2 Å². The van der Waals surface area contributed by atoms with Crippen LogP contribution >= 0.6 is 34.4 Å². The lowest BCUT2D eigenvalue weighted by Gasteiger charge is -2.13. The highest BCUT2D eigenvalue weighted by molar-refractivity contribution is 14.1. The van der Waals surface area contributed by atoms with Gasteiger partial charge in [-0.2, -0.15) is 0 Å². The van der Waals surface area contributed by atoms with Crippen LogP contribution in [0.15, 0.2) is 41.8 Å². The lowest BCUT2D eigenvalue weighted by molar-refractivity contribution is 0.601. The molecule has 2 aromatic carbocycles. The Morgan fingerprint density at radius 1 is 1.14 bits per heavy atom. The van der Waals surface area contributed by atoms with E-state index in [2.05, 4.69) is 73.5 Å². The highest BCUT2D eigenvalue weighted by Gasteiger charge is 2.17. The Bertz CT molecular complexity index is 927. The van der Waals surface area contributed by atoms with Gasteiger partial charge in [-0.3, -0.25) is 0 Å². The highest BCUT2D eigenvalue weighted by atomic mass is 127. The SMILES string of the molecule is C=C(S/C=C(\C)Cc1cc(C)c(I)cc1C)c1ccc2c(c1F)CCCCC2. The molecular weight excluding hydrogens is 478 g/mol. The van der Waals surface area contributed by atoms with Gasteiger partial charge in [0.05, 0.1) is 0 Å². The third kappa shape index (κ3) is 5.10. The molecule has 3 rings (SSSR count). The third-order valence-electron chi connectivity index (χ3n) is 5.50. The molecule has 0 saturated heterocycles. The van der Waals surface area contributed by atoms with Crippen LogP contribution in [0.2, 0.25) is 0 Å². The standard InChI is InChI=1S/C25H28FIS/c1-16(12-21-13-18(3)24(27)14-17(21)2)15-28-19(4)22-11-10-20-8-6-5-7-9-23(20)25(22)26/h10-11,13-15H,4-9,12H2,1-3H3/b16-15+. The fourth-order valence-corrected chi connectivity index (χ4v) is 5.12. The molecule has 0 heterocycles. The Kier molecular flexibility index (Phi) is 7.43. The number of rotatable bonds is 5. The van der Waals surface area contributed by atoms with Gasteiger partial charge in [0.2, 0.25) is 0 Å². The van der Waals surface area contributed by atoms with Crippen LogP contribution in [-0.2, 0) is 19.3 Å². The fraction of sp³-hybridized carbons (Fsp3) is 0.360. The monoisotopic (exact) mass is 506 g/mol. The van der Waals surface area contributed by atoms with Crippen LogP contribution in [-0.4, -0.2) is 0 Å². The molecule has 0 amide bonds. The quantitative estimate of drug-likeness (QED) is 0.291. The van der Waals surface area contributed by atoms with Gasteiger partial charge in [-0.25, -0.2) is 4.39 Å². The van der Waals surface area contributed by atoms with E-state index >= 15 is 4.39 Å². The van der Waals surface area contributed by atoms with E-state index in [1.54, 1.807) is 11.8 Å². The number of hydrogen-bond donors (Lipinski definition) is 0. The average Bonchev–Trinajstić information content (AvgIpc) is 2.90. The van der Waals surface area contributed by atoms with Crippen molar-refractivity contribution >= 4 is 39.3 Å². The summed E-state index contributed by atoms with van der Waals surface area (Å²) >= 11 is 3.93. The topological polar surface area (TPSA) is 0 Å². The molecule has 1 aliphatic carbocycles. The number of allylic oxidation sites excluding steroid dienone is 1. The van der Waals surface area contributed by atoms with E-state index in [1.807, 2.05) is 6.07 Å². The summed E-state index contributed by atoms with van der Waals surface area (Å²) in [5, 5.41) is 2.13. The summed E-state index contributed by atoms with van der Waals surface area (Å²) in [5.41, 5.74) is 8.03. The molecule has 3 heteroatoms. The zero-order valence-electron chi connectivity index (χ0n) is 17.0.